The molecule has 23 heavy (non-hydrogen) atoms. The summed E-state index contributed by atoms with van der Waals surface area (Å²) in [6.45, 7) is 2.29. The predicted octanol–water partition coefficient (Wildman–Crippen LogP) is 0.283. The third-order valence-corrected chi connectivity index (χ3v) is 4.52. The quantitative estimate of drug-likeness (QED) is 0.844. The Hall–Kier alpha value is -2.55. The van der Waals surface area contributed by atoms with E-state index < -0.39 is 21.3 Å². The number of aromatic nitrogens is 2. The van der Waals surface area contributed by atoms with Crippen molar-refractivity contribution in [3.63, 3.8) is 0 Å². The molecule has 0 spiro atoms. The highest BCUT2D eigenvalue weighted by atomic mass is 32.2. The van der Waals surface area contributed by atoms with Crippen molar-refractivity contribution in [2.75, 3.05) is 11.3 Å². The fourth-order valence-corrected chi connectivity index (χ4v) is 3.01. The van der Waals surface area contributed by atoms with Crippen molar-refractivity contribution >= 4 is 15.7 Å². The smallest absolute Gasteiger partial charge is 0.330 e. The second-order valence-corrected chi connectivity index (χ2v) is 6.49. The highest BCUT2D eigenvalue weighted by Crippen LogP contribution is 2.17. The highest BCUT2D eigenvalue weighted by Gasteiger charge is 2.17. The van der Waals surface area contributed by atoms with Crippen LogP contribution in [0, 0.1) is 0 Å². The van der Waals surface area contributed by atoms with Crippen LogP contribution >= 0.6 is 0 Å². The summed E-state index contributed by atoms with van der Waals surface area (Å²) in [5.74, 6) is 0.546. The van der Waals surface area contributed by atoms with Crippen LogP contribution in [0.2, 0.25) is 0 Å². The van der Waals surface area contributed by atoms with Gasteiger partial charge in [0.15, 0.2) is 0 Å². The number of ether oxygens (including phenoxy) is 1. The van der Waals surface area contributed by atoms with Gasteiger partial charge in [0, 0.05) is 20.3 Å². The average Bonchev–Trinajstić information content (AvgIpc) is 2.51. The van der Waals surface area contributed by atoms with Crippen LogP contribution in [0.5, 0.6) is 5.75 Å². The van der Waals surface area contributed by atoms with Gasteiger partial charge >= 0.3 is 5.69 Å². The maximum atomic E-state index is 12.3. The molecule has 0 saturated carbocycles. The second kappa shape index (κ2) is 6.29. The van der Waals surface area contributed by atoms with Crippen LogP contribution in [0.15, 0.2) is 44.9 Å². The summed E-state index contributed by atoms with van der Waals surface area (Å²) in [4.78, 5) is 23.6. The van der Waals surface area contributed by atoms with E-state index in [9.17, 15) is 18.0 Å². The first-order valence-corrected chi connectivity index (χ1v) is 8.27. The monoisotopic (exact) mass is 339 g/mol. The summed E-state index contributed by atoms with van der Waals surface area (Å²) in [6.07, 6.45) is 1.15. The molecule has 9 heteroatoms. The van der Waals surface area contributed by atoms with Crippen LogP contribution in [0.4, 0.5) is 5.69 Å². The molecule has 1 aromatic heterocycles. The van der Waals surface area contributed by atoms with Gasteiger partial charge in [0.1, 0.15) is 11.4 Å². The molecule has 1 aromatic carbocycles. The molecule has 2 aromatic rings. The fourth-order valence-electron chi connectivity index (χ4n) is 1.96. The molecule has 0 fully saturated rings. The Balaban J connectivity index is 2.39. The summed E-state index contributed by atoms with van der Waals surface area (Å²) in [5.41, 5.74) is -1.47. The molecule has 0 unspecified atom stereocenters. The van der Waals surface area contributed by atoms with E-state index in [4.69, 9.17) is 4.74 Å². The number of anilines is 1. The molecule has 0 aliphatic carbocycles. The lowest BCUT2D eigenvalue weighted by atomic mass is 10.3. The number of nitrogens with zero attached hydrogens (tertiary/aromatic N) is 2. The molecule has 0 aliphatic rings. The summed E-state index contributed by atoms with van der Waals surface area (Å²) < 4.78 is 34.1. The summed E-state index contributed by atoms with van der Waals surface area (Å²) in [6, 6.07) is 5.80. The van der Waals surface area contributed by atoms with E-state index >= 15 is 0 Å². The van der Waals surface area contributed by atoms with Gasteiger partial charge in [-0.1, -0.05) is 0 Å². The van der Waals surface area contributed by atoms with Crippen molar-refractivity contribution in [3.05, 3.63) is 51.3 Å². The van der Waals surface area contributed by atoms with E-state index in [2.05, 4.69) is 4.72 Å². The topological polar surface area (TPSA) is 99.4 Å². The first-order chi connectivity index (χ1) is 10.8. The number of benzene rings is 1. The van der Waals surface area contributed by atoms with E-state index in [1.807, 2.05) is 6.92 Å². The Morgan fingerprint density at radius 2 is 1.74 bits per heavy atom. The van der Waals surface area contributed by atoms with Crippen LogP contribution in [0.25, 0.3) is 0 Å². The van der Waals surface area contributed by atoms with Crippen LogP contribution in [0.3, 0.4) is 0 Å². The van der Waals surface area contributed by atoms with Crippen LogP contribution in [0.1, 0.15) is 6.92 Å². The summed E-state index contributed by atoms with van der Waals surface area (Å²) >= 11 is 0. The van der Waals surface area contributed by atoms with Crippen molar-refractivity contribution in [2.24, 2.45) is 14.1 Å². The van der Waals surface area contributed by atoms with Crippen molar-refractivity contribution in [3.8, 4) is 5.75 Å². The Morgan fingerprint density at radius 3 is 2.30 bits per heavy atom. The minimum Gasteiger partial charge on any atom is -0.494 e. The molecule has 0 bridgehead atoms. The van der Waals surface area contributed by atoms with Gasteiger partial charge in [-0.15, -0.1) is 0 Å². The lowest BCUT2D eigenvalue weighted by Crippen LogP contribution is -2.38. The van der Waals surface area contributed by atoms with Gasteiger partial charge in [-0.2, -0.15) is 0 Å². The predicted molar refractivity (Wildman–Crippen MR) is 85.3 cm³/mol. The molecule has 124 valence electrons. The van der Waals surface area contributed by atoms with E-state index in [-0.39, 0.29) is 10.6 Å². The maximum Gasteiger partial charge on any atom is 0.330 e. The zero-order valence-electron chi connectivity index (χ0n) is 12.9. The average molecular weight is 339 g/mol. The lowest BCUT2D eigenvalue weighted by molar-refractivity contribution is 0.340. The van der Waals surface area contributed by atoms with Crippen LogP contribution in [-0.4, -0.2) is 24.2 Å². The maximum absolute atomic E-state index is 12.3. The third kappa shape index (κ3) is 3.45. The minimum atomic E-state index is -3.95. The number of aryl methyl sites for hydroxylation is 1. The van der Waals surface area contributed by atoms with Crippen molar-refractivity contribution in [1.29, 1.82) is 0 Å². The molecule has 0 aliphatic heterocycles. The van der Waals surface area contributed by atoms with Crippen LogP contribution in [-0.2, 0) is 24.1 Å². The Bertz CT molecular complexity index is 926. The largest absolute Gasteiger partial charge is 0.494 e. The number of hydrogen-bond acceptors (Lipinski definition) is 5. The van der Waals surface area contributed by atoms with Crippen molar-refractivity contribution < 1.29 is 13.2 Å². The molecule has 0 saturated heterocycles. The molecule has 0 radical (unpaired) electrons. The van der Waals surface area contributed by atoms with Crippen molar-refractivity contribution in [1.82, 2.24) is 9.13 Å². The van der Waals surface area contributed by atoms with Gasteiger partial charge < -0.3 is 9.30 Å². The third-order valence-electron chi connectivity index (χ3n) is 3.14. The van der Waals surface area contributed by atoms with Gasteiger partial charge in [-0.25, -0.2) is 13.2 Å². The van der Waals surface area contributed by atoms with Crippen LogP contribution < -0.4 is 20.7 Å². The second-order valence-electron chi connectivity index (χ2n) is 4.81. The van der Waals surface area contributed by atoms with E-state index in [0.717, 1.165) is 15.3 Å². The fraction of sp³-hybridized carbons (Fsp3) is 0.286. The van der Waals surface area contributed by atoms with E-state index in [1.54, 1.807) is 0 Å². The van der Waals surface area contributed by atoms with Gasteiger partial charge in [-0.05, 0) is 31.2 Å². The first kappa shape index (κ1) is 16.8. The molecule has 2 rings (SSSR count). The van der Waals surface area contributed by atoms with Crippen molar-refractivity contribution in [2.45, 2.75) is 11.8 Å². The Labute approximate surface area is 133 Å². The summed E-state index contributed by atoms with van der Waals surface area (Å²) in [7, 11) is -1.24. The standard InChI is InChI=1S/C14H17N3O5S/c1-4-22-10-5-7-11(8-6-10)23(20,21)15-12-9-16(2)14(19)17(3)13(12)18/h5-9,15H,4H2,1-3H3. The minimum absolute atomic E-state index is 0.0168. The highest BCUT2D eigenvalue weighted by molar-refractivity contribution is 7.92. The first-order valence-electron chi connectivity index (χ1n) is 6.78. The van der Waals surface area contributed by atoms with Gasteiger partial charge in [0.2, 0.25) is 0 Å². The van der Waals surface area contributed by atoms with Gasteiger partial charge in [0.05, 0.1) is 11.5 Å². The number of rotatable bonds is 5. The van der Waals surface area contributed by atoms with Gasteiger partial charge in [0.25, 0.3) is 15.6 Å². The lowest BCUT2D eigenvalue weighted by Gasteiger charge is -2.10. The number of hydrogen-bond donors (Lipinski definition) is 1. The summed E-state index contributed by atoms with van der Waals surface area (Å²) in [5, 5.41) is 0. The zero-order valence-corrected chi connectivity index (χ0v) is 13.8. The zero-order chi connectivity index (χ0) is 17.2. The SMILES string of the molecule is CCOc1ccc(S(=O)(=O)Nc2cn(C)c(=O)n(C)c2=O)cc1. The molecular formula is C14H17N3O5S. The molecule has 1 N–H and O–H groups in total. The molecule has 8 nitrogen and oxygen atoms in total. The van der Waals surface area contributed by atoms with Gasteiger partial charge in [-0.3, -0.25) is 14.1 Å². The number of nitrogens with one attached hydrogen (secondary N) is 1. The normalized spacial score (nSPS) is 11.3. The molecule has 1 heterocycles. The molecular weight excluding hydrogens is 322 g/mol. The van der Waals surface area contributed by atoms with E-state index in [1.165, 1.54) is 38.4 Å². The number of sulfonamides is 1. The molecule has 0 amide bonds. The van der Waals surface area contributed by atoms with E-state index in [0.29, 0.717) is 12.4 Å². The Kier molecular flexibility index (Phi) is 4.60. The Morgan fingerprint density at radius 1 is 1.13 bits per heavy atom. The molecule has 0 atom stereocenters.